The first-order chi connectivity index (χ1) is 12.9. The number of nitrogens with one attached hydrogen (secondary N) is 1. The average molecular weight is 369 g/mol. The highest BCUT2D eigenvalue weighted by molar-refractivity contribution is 5.99. The molecule has 0 saturated heterocycles. The molecule has 0 radical (unpaired) electrons. The van der Waals surface area contributed by atoms with Gasteiger partial charge in [-0.15, -0.1) is 0 Å². The third-order valence-electron chi connectivity index (χ3n) is 4.56. The van der Waals surface area contributed by atoms with Crippen molar-refractivity contribution in [1.82, 2.24) is 14.9 Å². The Morgan fingerprint density at radius 1 is 1.37 bits per heavy atom. The molecule has 1 atom stereocenters. The Kier molecular flexibility index (Phi) is 4.22. The van der Waals surface area contributed by atoms with E-state index in [1.54, 1.807) is 38.4 Å². The van der Waals surface area contributed by atoms with Crippen LogP contribution in [0, 0.1) is 12.7 Å². The Bertz CT molecular complexity index is 1030. The summed E-state index contributed by atoms with van der Waals surface area (Å²) >= 11 is 0. The average Bonchev–Trinajstić information content (AvgIpc) is 3.01. The van der Waals surface area contributed by atoms with Gasteiger partial charge in [-0.3, -0.25) is 4.79 Å². The topological polar surface area (TPSA) is 67.5 Å². The van der Waals surface area contributed by atoms with Gasteiger partial charge in [0.05, 0.1) is 17.7 Å². The van der Waals surface area contributed by atoms with Crippen LogP contribution in [0.4, 0.5) is 4.39 Å². The van der Waals surface area contributed by atoms with Crippen LogP contribution in [-0.4, -0.2) is 41.5 Å². The first-order valence-electron chi connectivity index (χ1n) is 8.74. The number of nitrogens with zero attached hydrogens (tertiary/aromatic N) is 2. The number of H-pyrrole nitrogens is 1. The number of aromatic nitrogens is 2. The summed E-state index contributed by atoms with van der Waals surface area (Å²) in [5.41, 5.74) is 2.20. The minimum Gasteiger partial charge on any atom is -0.493 e. The van der Waals surface area contributed by atoms with E-state index in [4.69, 9.17) is 9.47 Å². The zero-order valence-corrected chi connectivity index (χ0v) is 15.4. The van der Waals surface area contributed by atoms with Crippen molar-refractivity contribution >= 4 is 16.9 Å². The summed E-state index contributed by atoms with van der Waals surface area (Å²) in [7, 11) is 3.38. The number of aryl methyl sites for hydroxylation is 1. The molecule has 1 N–H and O–H groups in total. The molecule has 1 aliphatic heterocycles. The molecular weight excluding hydrogens is 349 g/mol. The van der Waals surface area contributed by atoms with Crippen molar-refractivity contribution in [3.63, 3.8) is 0 Å². The number of imidazole rings is 1. The first-order valence-corrected chi connectivity index (χ1v) is 8.74. The Morgan fingerprint density at radius 3 is 2.96 bits per heavy atom. The van der Waals surface area contributed by atoms with E-state index in [1.165, 1.54) is 11.0 Å². The quantitative estimate of drug-likeness (QED) is 0.766. The lowest BCUT2D eigenvalue weighted by molar-refractivity contribution is 0.0826. The second-order valence-corrected chi connectivity index (χ2v) is 6.79. The summed E-state index contributed by atoms with van der Waals surface area (Å²) in [6, 6.07) is 8.16. The van der Waals surface area contributed by atoms with Gasteiger partial charge in [-0.2, -0.15) is 0 Å². The van der Waals surface area contributed by atoms with Crippen molar-refractivity contribution in [2.45, 2.75) is 19.4 Å². The zero-order valence-electron chi connectivity index (χ0n) is 15.4. The molecule has 1 unspecified atom stereocenters. The number of carbonyl (C=O) groups is 1. The van der Waals surface area contributed by atoms with Crippen molar-refractivity contribution in [1.29, 1.82) is 0 Å². The van der Waals surface area contributed by atoms with E-state index in [0.29, 0.717) is 52.5 Å². The number of hydrogen-bond acceptors (Lipinski definition) is 4. The molecule has 0 bridgehead atoms. The maximum Gasteiger partial charge on any atom is 0.253 e. The minimum absolute atomic E-state index is 0.146. The summed E-state index contributed by atoms with van der Waals surface area (Å²) in [6.07, 6.45) is -0.00937. The van der Waals surface area contributed by atoms with Crippen molar-refractivity contribution in [3.05, 3.63) is 53.1 Å². The van der Waals surface area contributed by atoms with Crippen LogP contribution in [0.5, 0.6) is 11.5 Å². The summed E-state index contributed by atoms with van der Waals surface area (Å²) in [4.78, 5) is 21.6. The van der Waals surface area contributed by atoms with Crippen LogP contribution in [0.3, 0.4) is 0 Å². The van der Waals surface area contributed by atoms with Crippen LogP contribution in [-0.2, 0) is 0 Å². The van der Waals surface area contributed by atoms with Crippen molar-refractivity contribution < 1.29 is 18.7 Å². The third kappa shape index (κ3) is 3.09. The van der Waals surface area contributed by atoms with Gasteiger partial charge in [0.1, 0.15) is 34.8 Å². The smallest absolute Gasteiger partial charge is 0.253 e. The normalized spacial score (nSPS) is 15.9. The van der Waals surface area contributed by atoms with Crippen LogP contribution in [0.25, 0.3) is 11.0 Å². The lowest BCUT2D eigenvalue weighted by Gasteiger charge is -2.27. The van der Waals surface area contributed by atoms with Gasteiger partial charge >= 0.3 is 0 Å². The SMILES string of the molecule is Cc1nc2c(OC3CCOc4cccc(F)c43)cc(C(=O)N(C)C)cc2[nH]1. The molecule has 3 aromatic rings. The van der Waals surface area contributed by atoms with E-state index in [-0.39, 0.29) is 11.7 Å². The summed E-state index contributed by atoms with van der Waals surface area (Å²) in [5, 5.41) is 0. The Labute approximate surface area is 155 Å². The molecule has 4 rings (SSSR count). The van der Waals surface area contributed by atoms with Crippen molar-refractivity contribution in [3.8, 4) is 11.5 Å². The fraction of sp³-hybridized carbons (Fsp3) is 0.300. The van der Waals surface area contributed by atoms with Crippen LogP contribution in [0.1, 0.15) is 34.3 Å². The van der Waals surface area contributed by atoms with Crippen LogP contribution in [0.2, 0.25) is 0 Å². The van der Waals surface area contributed by atoms with Crippen LogP contribution < -0.4 is 9.47 Å². The van der Waals surface area contributed by atoms with Gasteiger partial charge in [0.15, 0.2) is 0 Å². The molecule has 0 spiro atoms. The summed E-state index contributed by atoms with van der Waals surface area (Å²) in [5.74, 6) is 1.13. The molecule has 1 aromatic heterocycles. The second kappa shape index (κ2) is 6.57. The van der Waals surface area contributed by atoms with Gasteiger partial charge in [0, 0.05) is 26.1 Å². The molecular formula is C20H20FN3O3. The highest BCUT2D eigenvalue weighted by Crippen LogP contribution is 2.39. The van der Waals surface area contributed by atoms with Crippen LogP contribution in [0.15, 0.2) is 30.3 Å². The second-order valence-electron chi connectivity index (χ2n) is 6.79. The number of benzene rings is 2. The molecule has 0 fully saturated rings. The van der Waals surface area contributed by atoms with Crippen molar-refractivity contribution in [2.75, 3.05) is 20.7 Å². The van der Waals surface area contributed by atoms with E-state index in [0.717, 1.165) is 0 Å². The number of halogens is 1. The van der Waals surface area contributed by atoms with Crippen molar-refractivity contribution in [2.24, 2.45) is 0 Å². The number of amides is 1. The summed E-state index contributed by atoms with van der Waals surface area (Å²) in [6.45, 7) is 2.26. The van der Waals surface area contributed by atoms with E-state index in [1.807, 2.05) is 6.92 Å². The monoisotopic (exact) mass is 369 g/mol. The highest BCUT2D eigenvalue weighted by atomic mass is 19.1. The lowest BCUT2D eigenvalue weighted by Crippen LogP contribution is -2.22. The van der Waals surface area contributed by atoms with E-state index >= 15 is 0 Å². The molecule has 7 heteroatoms. The number of fused-ring (bicyclic) bond motifs is 2. The molecule has 0 aliphatic carbocycles. The number of rotatable bonds is 3. The Hall–Kier alpha value is -3.09. The molecule has 27 heavy (non-hydrogen) atoms. The van der Waals surface area contributed by atoms with E-state index in [2.05, 4.69) is 9.97 Å². The minimum atomic E-state index is -0.514. The van der Waals surface area contributed by atoms with E-state index in [9.17, 15) is 9.18 Å². The lowest BCUT2D eigenvalue weighted by atomic mass is 10.0. The number of aromatic amines is 1. The standard InChI is InChI=1S/C20H20FN3O3/c1-11-22-14-9-12(20(25)24(2)3)10-17(19(14)23-11)27-16-7-8-26-15-6-4-5-13(21)18(15)16/h4-6,9-10,16H,7-8H2,1-3H3,(H,22,23). The predicted molar refractivity (Wildman–Crippen MR) is 98.7 cm³/mol. The van der Waals surface area contributed by atoms with Gasteiger partial charge < -0.3 is 19.4 Å². The molecule has 1 aliphatic rings. The molecule has 2 heterocycles. The molecule has 2 aromatic carbocycles. The molecule has 1 amide bonds. The Morgan fingerprint density at radius 2 is 2.19 bits per heavy atom. The number of ether oxygens (including phenoxy) is 2. The Balaban J connectivity index is 1.80. The molecule has 0 saturated carbocycles. The zero-order chi connectivity index (χ0) is 19.1. The van der Waals surface area contributed by atoms with Gasteiger partial charge in [-0.25, -0.2) is 9.37 Å². The summed E-state index contributed by atoms with van der Waals surface area (Å²) < 4.78 is 26.2. The molecule has 6 nitrogen and oxygen atoms in total. The van der Waals surface area contributed by atoms with Gasteiger partial charge in [-0.05, 0) is 31.2 Å². The number of carbonyl (C=O) groups excluding carboxylic acids is 1. The van der Waals surface area contributed by atoms with Crippen LogP contribution >= 0.6 is 0 Å². The number of hydrogen-bond donors (Lipinski definition) is 1. The molecule has 140 valence electrons. The van der Waals surface area contributed by atoms with E-state index < -0.39 is 6.10 Å². The maximum atomic E-state index is 14.4. The fourth-order valence-electron chi connectivity index (χ4n) is 3.33. The predicted octanol–water partition coefficient (Wildman–Crippen LogP) is 3.61. The fourth-order valence-corrected chi connectivity index (χ4v) is 3.33. The first kappa shape index (κ1) is 17.3. The van der Waals surface area contributed by atoms with Gasteiger partial charge in [0.25, 0.3) is 5.91 Å². The highest BCUT2D eigenvalue weighted by Gasteiger charge is 2.28. The van der Waals surface area contributed by atoms with Gasteiger partial charge in [0.2, 0.25) is 0 Å². The third-order valence-corrected chi connectivity index (χ3v) is 4.56. The van der Waals surface area contributed by atoms with Gasteiger partial charge in [-0.1, -0.05) is 6.07 Å². The maximum absolute atomic E-state index is 14.4. The largest absolute Gasteiger partial charge is 0.493 e.